The second kappa shape index (κ2) is 36.8. The Hall–Kier alpha value is -8.13. The van der Waals surface area contributed by atoms with Crippen molar-refractivity contribution >= 4 is 82.7 Å². The van der Waals surface area contributed by atoms with Gasteiger partial charge in [0, 0.05) is 83.6 Å². The SMILES string of the molecule is O=C(O)C[C@H](NC(=O)[C@H](Cc1ccccc1)NC(=O)[C@H](CO)NC(=O)[C@H](Cc1cnc[nH]1)NC(=O)CNC(=O)[C@H](CC(=O)O)Nc1c(NCCCC(C(=O)O)N2CCN(CC(=O)O)CCN(CC(=O)O)CCN(CC(=O)O)CC2)c(=O)c1=O)C(=O)O.[Gd+3]. The second-order valence-corrected chi connectivity index (χ2v) is 19.8. The molecule has 1 aliphatic rings. The van der Waals surface area contributed by atoms with Crippen molar-refractivity contribution in [3.8, 4) is 0 Å². The van der Waals surface area contributed by atoms with Gasteiger partial charge in [0.15, 0.2) is 0 Å². The number of aromatic amines is 1. The van der Waals surface area contributed by atoms with E-state index >= 15 is 0 Å². The molecule has 1 radical (unpaired) electrons. The molecule has 35 nitrogen and oxygen atoms in total. The summed E-state index contributed by atoms with van der Waals surface area (Å²) in [5.41, 5.74) is -2.47. The zero-order chi connectivity index (χ0) is 63.6. The van der Waals surface area contributed by atoms with E-state index in [1.165, 1.54) is 32.1 Å². The third kappa shape index (κ3) is 25.4. The van der Waals surface area contributed by atoms with Crippen molar-refractivity contribution in [1.82, 2.24) is 56.2 Å². The van der Waals surface area contributed by atoms with Gasteiger partial charge in [-0.2, -0.15) is 0 Å². The van der Waals surface area contributed by atoms with Gasteiger partial charge in [-0.3, -0.25) is 81.9 Å². The average molecular weight is 1370 g/mol. The number of aliphatic hydroxyl groups excluding tert-OH is 1. The van der Waals surface area contributed by atoms with E-state index in [-0.39, 0.29) is 136 Å². The normalized spacial score (nSPS) is 15.8. The summed E-state index contributed by atoms with van der Waals surface area (Å²) in [5, 5.41) is 93.8. The first kappa shape index (κ1) is 73.1. The van der Waals surface area contributed by atoms with Crippen molar-refractivity contribution in [2.45, 2.75) is 74.8 Å². The number of carbonyl (C=O) groups is 12. The third-order valence-corrected chi connectivity index (χ3v) is 13.3. The van der Waals surface area contributed by atoms with Crippen LogP contribution in [0, 0.1) is 39.9 Å². The number of H-pyrrole nitrogens is 1. The van der Waals surface area contributed by atoms with Gasteiger partial charge in [-0.05, 0) is 18.4 Å². The smallest absolute Gasteiger partial charge is 0.481 e. The molecule has 1 saturated heterocycles. The Morgan fingerprint density at radius 3 is 1.52 bits per heavy atom. The van der Waals surface area contributed by atoms with Crippen LogP contribution < -0.4 is 48.1 Å². The molecule has 0 bridgehead atoms. The van der Waals surface area contributed by atoms with Crippen LogP contribution in [0.25, 0.3) is 0 Å². The molecule has 0 saturated carbocycles. The van der Waals surface area contributed by atoms with E-state index in [1.807, 2.05) is 5.32 Å². The molecule has 3 aromatic rings. The van der Waals surface area contributed by atoms with E-state index in [9.17, 15) is 103 Å². The molecule has 16 N–H and O–H groups in total. The van der Waals surface area contributed by atoms with Crippen molar-refractivity contribution in [2.75, 3.05) is 102 Å². The molecular weight excluding hydrogens is 1300 g/mol. The van der Waals surface area contributed by atoms with Gasteiger partial charge in [0.05, 0.1) is 52.0 Å². The van der Waals surface area contributed by atoms with Crippen molar-refractivity contribution in [2.24, 2.45) is 0 Å². The van der Waals surface area contributed by atoms with Crippen molar-refractivity contribution in [1.29, 1.82) is 0 Å². The minimum absolute atomic E-state index is 0. The largest absolute Gasteiger partial charge is 3.00 e. The number of anilines is 2. The van der Waals surface area contributed by atoms with Crippen LogP contribution in [-0.4, -0.2) is 270 Å². The van der Waals surface area contributed by atoms with Gasteiger partial charge < -0.3 is 83.1 Å². The summed E-state index contributed by atoms with van der Waals surface area (Å²) in [4.78, 5) is 189. The molecular formula is C51H69GdN13O22+3. The van der Waals surface area contributed by atoms with Crippen LogP contribution in [0.5, 0.6) is 0 Å². The van der Waals surface area contributed by atoms with Crippen LogP contribution in [0.1, 0.15) is 36.9 Å². The first-order chi connectivity index (χ1) is 40.7. The van der Waals surface area contributed by atoms with Crippen LogP contribution >= 0.6 is 0 Å². The standard InChI is InChI=1S/C51H69N13O22.Gd/c65-26-34(49(82)58-30(17-28-5-2-1-3-6-28)47(80)59-33(50(83)84)20-38(69)70)60-48(81)31(18-29-21-52-27-55-29)56-36(66)22-54-46(79)32(19-37(67)68)57-43-42(44(77)45(43)78)53-8-4-7-35(51(85)86)64-15-13-62(24-40(73)74)11-9-61(23-39(71)72)10-12-63(14-16-64)25-41(75)76;/h1-3,5-6,21,27,30-35,53,57,65H,4,7-20,22-26H2,(H,52,55)(H,54,79)(H,56,66)(H,58,82)(H,59,80)(H,60,81)(H,67,68)(H,69,70)(H,71,72)(H,73,74)(H,75,76)(H,83,84)(H,85,86);/q;+3/t30-,31-,32-,33-,34-,35?;/m0./s1. The zero-order valence-electron chi connectivity index (χ0n) is 46.5. The predicted molar refractivity (Wildman–Crippen MR) is 294 cm³/mol. The van der Waals surface area contributed by atoms with Crippen molar-refractivity contribution in [3.63, 3.8) is 0 Å². The number of carboxylic acid groups (broad SMARTS) is 7. The maximum absolute atomic E-state index is 13.8. The van der Waals surface area contributed by atoms with E-state index in [0.717, 1.165) is 0 Å². The topological polar surface area (TPSA) is 527 Å². The Bertz CT molecular complexity index is 2920. The zero-order valence-corrected chi connectivity index (χ0v) is 48.8. The molecule has 36 heteroatoms. The number of rotatable bonds is 35. The summed E-state index contributed by atoms with van der Waals surface area (Å²) in [6, 6.07) is -2.09. The summed E-state index contributed by atoms with van der Waals surface area (Å²) in [5.74, 6) is -15.4. The number of aromatic nitrogens is 2. The molecule has 0 spiro atoms. The number of aliphatic carboxylic acids is 7. The van der Waals surface area contributed by atoms with Crippen molar-refractivity contribution in [3.05, 3.63) is 74.6 Å². The fourth-order valence-electron chi connectivity index (χ4n) is 8.95. The van der Waals surface area contributed by atoms with E-state index in [2.05, 4.69) is 41.9 Å². The molecule has 4 rings (SSSR count). The quantitative estimate of drug-likeness (QED) is 0.0192. The number of carboxylic acids is 7. The van der Waals surface area contributed by atoms with Gasteiger partial charge in [0.2, 0.25) is 29.5 Å². The maximum atomic E-state index is 13.8. The maximum Gasteiger partial charge on any atom is 3.00 e. The summed E-state index contributed by atoms with van der Waals surface area (Å²) in [7, 11) is 0. The molecule has 5 amide bonds. The molecule has 2 aromatic carbocycles. The number of imidazole rings is 1. The molecule has 475 valence electrons. The van der Waals surface area contributed by atoms with E-state index < -0.39 is 170 Å². The van der Waals surface area contributed by atoms with Crippen LogP contribution in [0.4, 0.5) is 11.4 Å². The number of benzene rings is 1. The fraction of sp³-hybridized carbons (Fsp3) is 0.510. The molecule has 1 fully saturated rings. The average Bonchev–Trinajstić information content (AvgIpc) is 2.79. The minimum Gasteiger partial charge on any atom is -0.481 e. The van der Waals surface area contributed by atoms with Gasteiger partial charge in [-0.15, -0.1) is 0 Å². The molecule has 0 aliphatic carbocycles. The van der Waals surface area contributed by atoms with Gasteiger partial charge in [0.25, 0.3) is 10.9 Å². The number of aliphatic hydroxyl groups is 1. The van der Waals surface area contributed by atoms with Crippen LogP contribution in [0.3, 0.4) is 0 Å². The number of nitrogens with zero attached hydrogens (tertiary/aromatic N) is 5. The van der Waals surface area contributed by atoms with Crippen LogP contribution in [0.2, 0.25) is 0 Å². The first-order valence-electron chi connectivity index (χ1n) is 26.6. The fourth-order valence-corrected chi connectivity index (χ4v) is 8.95. The Morgan fingerprint density at radius 1 is 0.552 bits per heavy atom. The number of hydrogen-bond acceptors (Lipinski definition) is 22. The molecule has 6 atom stereocenters. The van der Waals surface area contributed by atoms with E-state index in [1.54, 1.807) is 30.3 Å². The number of amides is 5. The Balaban J connectivity index is 0.0000198. The molecule has 1 aliphatic heterocycles. The Labute approximate surface area is 526 Å². The third-order valence-electron chi connectivity index (χ3n) is 13.3. The number of nitrogens with one attached hydrogen (secondary N) is 8. The predicted octanol–water partition coefficient (Wildman–Crippen LogP) is -6.53. The van der Waals surface area contributed by atoms with Gasteiger partial charge in [0.1, 0.15) is 47.6 Å². The van der Waals surface area contributed by atoms with Crippen LogP contribution in [0.15, 0.2) is 52.4 Å². The van der Waals surface area contributed by atoms with E-state index in [4.69, 9.17) is 5.11 Å². The minimum atomic E-state index is -1.91. The van der Waals surface area contributed by atoms with Crippen molar-refractivity contribution < 1.29 is 138 Å². The van der Waals surface area contributed by atoms with Crippen LogP contribution in [-0.2, 0) is 70.4 Å². The number of carbonyl (C=O) groups excluding carboxylic acids is 5. The Kier molecular flexibility index (Phi) is 30.9. The van der Waals surface area contributed by atoms with Gasteiger partial charge >= 0.3 is 81.7 Å². The summed E-state index contributed by atoms with van der Waals surface area (Å²) >= 11 is 0. The summed E-state index contributed by atoms with van der Waals surface area (Å²) < 4.78 is 0. The van der Waals surface area contributed by atoms with Gasteiger partial charge in [-0.1, -0.05) is 30.3 Å². The Morgan fingerprint density at radius 2 is 1.03 bits per heavy atom. The molecule has 87 heavy (non-hydrogen) atoms. The molecule has 1 unspecified atom stereocenters. The first-order valence-corrected chi connectivity index (χ1v) is 26.6. The van der Waals surface area contributed by atoms with Gasteiger partial charge in [-0.25, -0.2) is 9.78 Å². The molecule has 1 aromatic heterocycles. The summed E-state index contributed by atoms with van der Waals surface area (Å²) in [6.45, 7) is -3.17. The molecule has 2 heterocycles. The number of hydrogen-bond donors (Lipinski definition) is 16. The summed E-state index contributed by atoms with van der Waals surface area (Å²) in [6.07, 6.45) is -0.302. The van der Waals surface area contributed by atoms with E-state index in [0.29, 0.717) is 5.56 Å². The monoisotopic (exact) mass is 1370 g/mol. The second-order valence-electron chi connectivity index (χ2n) is 19.8.